The van der Waals surface area contributed by atoms with Crippen molar-refractivity contribution in [2.24, 2.45) is 0 Å². The molecule has 0 atom stereocenters. The van der Waals surface area contributed by atoms with E-state index in [2.05, 4.69) is 16.0 Å². The van der Waals surface area contributed by atoms with Crippen LogP contribution in [-0.4, -0.2) is 65.1 Å². The highest BCUT2D eigenvalue weighted by atomic mass is 32.2. The van der Waals surface area contributed by atoms with Crippen molar-refractivity contribution in [3.63, 3.8) is 0 Å². The molecule has 0 saturated carbocycles. The Labute approximate surface area is 156 Å². The Balaban J connectivity index is 1.90. The topological polar surface area (TPSA) is 73.5 Å². The lowest BCUT2D eigenvalue weighted by Crippen LogP contribution is -2.44. The normalized spacial score (nSPS) is 19.0. The average Bonchev–Trinajstić information content (AvgIpc) is 2.62. The first-order valence-electron chi connectivity index (χ1n) is 9.21. The zero-order valence-electron chi connectivity index (χ0n) is 15.3. The van der Waals surface area contributed by atoms with Gasteiger partial charge in [0.1, 0.15) is 0 Å². The lowest BCUT2D eigenvalue weighted by Gasteiger charge is -2.24. The zero-order chi connectivity index (χ0) is 18.4. The summed E-state index contributed by atoms with van der Waals surface area (Å²) in [7, 11) is -3.56. The highest BCUT2D eigenvalue weighted by Crippen LogP contribution is 2.27. The van der Waals surface area contributed by atoms with Crippen LogP contribution >= 0.6 is 0 Å². The van der Waals surface area contributed by atoms with Gasteiger partial charge >= 0.3 is 0 Å². The Morgan fingerprint density at radius 1 is 0.769 bits per heavy atom. The van der Waals surface area contributed by atoms with Crippen molar-refractivity contribution in [2.45, 2.75) is 11.8 Å². The van der Waals surface area contributed by atoms with E-state index in [1.54, 1.807) is 10.4 Å². The van der Waals surface area contributed by atoms with Crippen LogP contribution in [0.1, 0.15) is 5.56 Å². The molecule has 0 radical (unpaired) electrons. The van der Waals surface area contributed by atoms with Crippen molar-refractivity contribution in [2.75, 3.05) is 52.4 Å². The monoisotopic (exact) mass is 376 g/mol. The Morgan fingerprint density at radius 3 is 1.96 bits per heavy atom. The second-order valence-corrected chi connectivity index (χ2v) is 8.49. The number of sulfonamides is 1. The summed E-state index contributed by atoms with van der Waals surface area (Å²) in [6, 6.07) is 11.4. The van der Waals surface area contributed by atoms with Crippen LogP contribution in [0.4, 0.5) is 0 Å². The predicted octanol–water partition coefficient (Wildman–Crippen LogP) is 0.921. The Hall–Kier alpha value is -1.51. The molecule has 3 N–H and O–H groups in total. The molecule has 0 unspecified atom stereocenters. The number of rotatable bonds is 2. The molecule has 1 aliphatic heterocycles. The van der Waals surface area contributed by atoms with Crippen LogP contribution in [0, 0.1) is 6.92 Å². The standard InChI is InChI=1S/C19H28N4O2S/c1-16-4-2-6-18-17(16)5-3-7-19(18)26(24,25)23-14-12-21-10-8-20-9-11-22-13-15-23/h2-7,20-22H,8-15H2,1H3. The first-order chi connectivity index (χ1) is 12.6. The van der Waals surface area contributed by atoms with Crippen molar-refractivity contribution < 1.29 is 8.42 Å². The van der Waals surface area contributed by atoms with Gasteiger partial charge in [-0.2, -0.15) is 4.31 Å². The Bertz CT molecular complexity index is 827. The first-order valence-corrected chi connectivity index (χ1v) is 10.7. The van der Waals surface area contributed by atoms with Gasteiger partial charge in [-0.05, 0) is 23.9 Å². The molecule has 0 aliphatic carbocycles. The molecule has 1 fully saturated rings. The summed E-state index contributed by atoms with van der Waals surface area (Å²) < 4.78 is 28.4. The van der Waals surface area contributed by atoms with Gasteiger partial charge in [-0.3, -0.25) is 0 Å². The minimum absolute atomic E-state index is 0.396. The fourth-order valence-electron chi connectivity index (χ4n) is 3.29. The van der Waals surface area contributed by atoms with Crippen molar-refractivity contribution >= 4 is 20.8 Å². The van der Waals surface area contributed by atoms with Gasteiger partial charge in [0.05, 0.1) is 4.90 Å². The number of benzene rings is 2. The number of nitrogens with zero attached hydrogens (tertiary/aromatic N) is 1. The van der Waals surface area contributed by atoms with Crippen LogP contribution in [-0.2, 0) is 10.0 Å². The summed E-state index contributed by atoms with van der Waals surface area (Å²) in [5, 5.41) is 11.8. The maximum atomic E-state index is 13.4. The van der Waals surface area contributed by atoms with Gasteiger partial charge in [0.15, 0.2) is 0 Å². The average molecular weight is 377 g/mol. The lowest BCUT2D eigenvalue weighted by molar-refractivity contribution is 0.393. The summed E-state index contributed by atoms with van der Waals surface area (Å²) in [4.78, 5) is 0.396. The van der Waals surface area contributed by atoms with E-state index >= 15 is 0 Å². The molecule has 7 heteroatoms. The van der Waals surface area contributed by atoms with E-state index in [4.69, 9.17) is 0 Å². The molecule has 0 bridgehead atoms. The molecule has 1 heterocycles. The van der Waals surface area contributed by atoms with Crippen LogP contribution in [0.3, 0.4) is 0 Å². The quantitative estimate of drug-likeness (QED) is 0.727. The highest BCUT2D eigenvalue weighted by Gasteiger charge is 2.25. The third-order valence-corrected chi connectivity index (χ3v) is 6.71. The molecule has 2 aromatic carbocycles. The summed E-state index contributed by atoms with van der Waals surface area (Å²) in [5.41, 5.74) is 1.09. The molecule has 6 nitrogen and oxygen atoms in total. The van der Waals surface area contributed by atoms with Crippen LogP contribution < -0.4 is 16.0 Å². The van der Waals surface area contributed by atoms with Gasteiger partial charge in [0.2, 0.25) is 10.0 Å². The van der Waals surface area contributed by atoms with Crippen molar-refractivity contribution in [1.29, 1.82) is 0 Å². The minimum atomic E-state index is -3.56. The largest absolute Gasteiger partial charge is 0.314 e. The molecule has 0 spiro atoms. The van der Waals surface area contributed by atoms with E-state index < -0.39 is 10.0 Å². The number of hydrogen-bond acceptors (Lipinski definition) is 5. The van der Waals surface area contributed by atoms with E-state index in [9.17, 15) is 8.42 Å². The third-order valence-electron chi connectivity index (χ3n) is 4.75. The number of aryl methyl sites for hydroxylation is 1. The molecule has 0 amide bonds. The van der Waals surface area contributed by atoms with Crippen LogP contribution in [0.5, 0.6) is 0 Å². The summed E-state index contributed by atoms with van der Waals surface area (Å²) >= 11 is 0. The number of fused-ring (bicyclic) bond motifs is 1. The number of hydrogen-bond donors (Lipinski definition) is 3. The second kappa shape index (κ2) is 8.92. The SMILES string of the molecule is Cc1cccc2c(S(=O)(=O)N3CCNCCNCCNCC3)cccc12. The fraction of sp³-hybridized carbons (Fsp3) is 0.474. The van der Waals surface area contributed by atoms with E-state index in [0.717, 1.165) is 42.5 Å². The fourth-order valence-corrected chi connectivity index (χ4v) is 4.94. The van der Waals surface area contributed by atoms with Crippen molar-refractivity contribution in [3.05, 3.63) is 42.0 Å². The molecular formula is C19H28N4O2S. The van der Waals surface area contributed by atoms with Gasteiger partial charge in [-0.1, -0.05) is 30.3 Å². The molecule has 2 aromatic rings. The Kier molecular flexibility index (Phi) is 6.61. The molecule has 1 saturated heterocycles. The van der Waals surface area contributed by atoms with Crippen molar-refractivity contribution in [1.82, 2.24) is 20.3 Å². The summed E-state index contributed by atoms with van der Waals surface area (Å²) in [6.07, 6.45) is 0. The summed E-state index contributed by atoms with van der Waals surface area (Å²) in [6.45, 7) is 7.67. The molecular weight excluding hydrogens is 348 g/mol. The maximum Gasteiger partial charge on any atom is 0.243 e. The van der Waals surface area contributed by atoms with Crippen LogP contribution in [0.2, 0.25) is 0 Å². The molecule has 3 rings (SSSR count). The van der Waals surface area contributed by atoms with Crippen LogP contribution in [0.15, 0.2) is 41.3 Å². The molecule has 26 heavy (non-hydrogen) atoms. The first kappa shape index (κ1) is 19.3. The van der Waals surface area contributed by atoms with Crippen molar-refractivity contribution in [3.8, 4) is 0 Å². The maximum absolute atomic E-state index is 13.4. The zero-order valence-corrected chi connectivity index (χ0v) is 16.1. The second-order valence-electron chi connectivity index (χ2n) is 6.58. The lowest BCUT2D eigenvalue weighted by atomic mass is 10.1. The van der Waals surface area contributed by atoms with E-state index in [1.165, 1.54) is 0 Å². The molecule has 142 valence electrons. The highest BCUT2D eigenvalue weighted by molar-refractivity contribution is 7.89. The predicted molar refractivity (Wildman–Crippen MR) is 106 cm³/mol. The Morgan fingerprint density at radius 2 is 1.31 bits per heavy atom. The van der Waals surface area contributed by atoms with Crippen LogP contribution in [0.25, 0.3) is 10.8 Å². The van der Waals surface area contributed by atoms with Gasteiger partial charge in [0.25, 0.3) is 0 Å². The van der Waals surface area contributed by atoms with E-state index in [-0.39, 0.29) is 0 Å². The number of nitrogens with one attached hydrogen (secondary N) is 3. The van der Waals surface area contributed by atoms with Gasteiger partial charge < -0.3 is 16.0 Å². The summed E-state index contributed by atoms with van der Waals surface area (Å²) in [5.74, 6) is 0. The molecule has 0 aromatic heterocycles. The molecule has 1 aliphatic rings. The van der Waals surface area contributed by atoms with Gasteiger partial charge in [-0.25, -0.2) is 8.42 Å². The van der Waals surface area contributed by atoms with E-state index in [0.29, 0.717) is 31.1 Å². The van der Waals surface area contributed by atoms with Gasteiger partial charge in [0, 0.05) is 57.7 Å². The van der Waals surface area contributed by atoms with Gasteiger partial charge in [-0.15, -0.1) is 0 Å². The minimum Gasteiger partial charge on any atom is -0.314 e. The third kappa shape index (κ3) is 4.42. The van der Waals surface area contributed by atoms with E-state index in [1.807, 2.05) is 37.3 Å². The smallest absolute Gasteiger partial charge is 0.243 e.